The first-order valence-corrected chi connectivity index (χ1v) is 8.77. The fourth-order valence-electron chi connectivity index (χ4n) is 2.97. The van der Waals surface area contributed by atoms with Crippen molar-refractivity contribution in [2.75, 3.05) is 30.3 Å². The van der Waals surface area contributed by atoms with Gasteiger partial charge >= 0.3 is 0 Å². The Balaban J connectivity index is 2.08. The zero-order valence-electron chi connectivity index (χ0n) is 13.3. The number of carbonyl (C=O) groups is 1. The highest BCUT2D eigenvalue weighted by Crippen LogP contribution is 2.35. The number of nitrogen functional groups attached to an aromatic ring is 1. The van der Waals surface area contributed by atoms with Crippen molar-refractivity contribution in [3.05, 3.63) is 10.9 Å². The molecule has 1 aromatic heterocycles. The molecule has 1 unspecified atom stereocenters. The van der Waals surface area contributed by atoms with Crippen LogP contribution in [0.15, 0.2) is 6.07 Å². The van der Waals surface area contributed by atoms with Crippen LogP contribution in [0.2, 0.25) is 0 Å². The second kappa shape index (κ2) is 7.16. The van der Waals surface area contributed by atoms with Crippen LogP contribution in [-0.2, 0) is 0 Å². The van der Waals surface area contributed by atoms with E-state index in [-0.39, 0.29) is 5.91 Å². The molecule has 1 aliphatic heterocycles. The third kappa shape index (κ3) is 3.90. The Kier molecular flexibility index (Phi) is 5.51. The van der Waals surface area contributed by atoms with Gasteiger partial charge in [0.2, 0.25) is 0 Å². The summed E-state index contributed by atoms with van der Waals surface area (Å²) in [4.78, 5) is 15.0. The van der Waals surface area contributed by atoms with Crippen LogP contribution in [0.25, 0.3) is 0 Å². The summed E-state index contributed by atoms with van der Waals surface area (Å²) in [5.41, 5.74) is 6.62. The van der Waals surface area contributed by atoms with Crippen molar-refractivity contribution in [1.29, 1.82) is 0 Å². The molecule has 0 bridgehead atoms. The molecule has 2 heterocycles. The Morgan fingerprint density at radius 3 is 2.90 bits per heavy atom. The molecule has 0 saturated carbocycles. The van der Waals surface area contributed by atoms with E-state index in [0.29, 0.717) is 17.1 Å². The number of nitrogens with zero attached hydrogens (tertiary/aromatic N) is 1. The highest BCUT2D eigenvalue weighted by Gasteiger charge is 2.22. The maximum atomic E-state index is 12.0. The summed E-state index contributed by atoms with van der Waals surface area (Å²) in [6.07, 6.45) is 3.75. The predicted molar refractivity (Wildman–Crippen MR) is 91.1 cm³/mol. The monoisotopic (exact) mass is 309 g/mol. The van der Waals surface area contributed by atoms with E-state index in [4.69, 9.17) is 5.73 Å². The second-order valence-electron chi connectivity index (χ2n) is 6.15. The minimum absolute atomic E-state index is 0.0545. The summed E-state index contributed by atoms with van der Waals surface area (Å²) in [5, 5.41) is 3.96. The quantitative estimate of drug-likeness (QED) is 0.897. The molecule has 0 spiro atoms. The topological polar surface area (TPSA) is 58.4 Å². The van der Waals surface area contributed by atoms with Gasteiger partial charge in [-0.25, -0.2) is 0 Å². The van der Waals surface area contributed by atoms with E-state index in [1.54, 1.807) is 0 Å². The molecule has 2 rings (SSSR count). The lowest BCUT2D eigenvalue weighted by molar-refractivity contribution is 0.0960. The first-order chi connectivity index (χ1) is 10.0. The molecule has 118 valence electrons. The Labute approximate surface area is 131 Å². The van der Waals surface area contributed by atoms with Gasteiger partial charge in [0.15, 0.2) is 0 Å². The fraction of sp³-hybridized carbons (Fsp3) is 0.688. The fourth-order valence-corrected chi connectivity index (χ4v) is 4.02. The van der Waals surface area contributed by atoms with Gasteiger partial charge in [-0.3, -0.25) is 4.79 Å². The average molecular weight is 309 g/mol. The van der Waals surface area contributed by atoms with E-state index >= 15 is 0 Å². The Morgan fingerprint density at radius 1 is 1.48 bits per heavy atom. The molecule has 21 heavy (non-hydrogen) atoms. The van der Waals surface area contributed by atoms with Gasteiger partial charge in [-0.15, -0.1) is 11.3 Å². The molecule has 3 N–H and O–H groups in total. The number of anilines is 2. The lowest BCUT2D eigenvalue weighted by atomic mass is 9.89. The Bertz CT molecular complexity index is 484. The third-order valence-electron chi connectivity index (χ3n) is 4.32. The summed E-state index contributed by atoms with van der Waals surface area (Å²) >= 11 is 1.52. The van der Waals surface area contributed by atoms with E-state index in [1.165, 1.54) is 30.6 Å². The number of hydrogen-bond acceptors (Lipinski definition) is 4. The van der Waals surface area contributed by atoms with Crippen LogP contribution in [0.1, 0.15) is 49.7 Å². The first-order valence-electron chi connectivity index (χ1n) is 7.95. The molecule has 1 aromatic rings. The average Bonchev–Trinajstić information content (AvgIpc) is 2.67. The Hall–Kier alpha value is -1.23. The van der Waals surface area contributed by atoms with Gasteiger partial charge in [0.05, 0.1) is 10.7 Å². The minimum atomic E-state index is -0.0545. The van der Waals surface area contributed by atoms with Crippen LogP contribution in [0.3, 0.4) is 0 Å². The standard InChI is InChI=1S/C16H27N3OS/c1-4-18-16(20)15-13(17)10-14(21-15)19-8-5-6-12(7-9-19)11(2)3/h10-12H,4-9,17H2,1-3H3,(H,18,20). The van der Waals surface area contributed by atoms with E-state index in [2.05, 4.69) is 24.1 Å². The van der Waals surface area contributed by atoms with Gasteiger partial charge < -0.3 is 16.0 Å². The van der Waals surface area contributed by atoms with Crippen LogP contribution in [0.4, 0.5) is 10.7 Å². The van der Waals surface area contributed by atoms with Gasteiger partial charge in [0.25, 0.3) is 5.91 Å². The van der Waals surface area contributed by atoms with E-state index in [1.807, 2.05) is 13.0 Å². The summed E-state index contributed by atoms with van der Waals surface area (Å²) in [5.74, 6) is 1.51. The normalized spacial score (nSPS) is 19.6. The highest BCUT2D eigenvalue weighted by atomic mass is 32.1. The summed E-state index contributed by atoms with van der Waals surface area (Å²) < 4.78 is 0. The van der Waals surface area contributed by atoms with Gasteiger partial charge in [0.1, 0.15) is 4.88 Å². The van der Waals surface area contributed by atoms with Crippen molar-refractivity contribution in [3.8, 4) is 0 Å². The largest absolute Gasteiger partial charge is 0.397 e. The molecule has 0 radical (unpaired) electrons. The van der Waals surface area contributed by atoms with E-state index in [0.717, 1.165) is 29.9 Å². The molecule has 1 amide bonds. The van der Waals surface area contributed by atoms with Crippen LogP contribution >= 0.6 is 11.3 Å². The first kappa shape index (κ1) is 16.1. The van der Waals surface area contributed by atoms with Crippen molar-refractivity contribution in [3.63, 3.8) is 0 Å². The van der Waals surface area contributed by atoms with Gasteiger partial charge in [0, 0.05) is 19.6 Å². The number of nitrogens with one attached hydrogen (secondary N) is 1. The number of carbonyl (C=O) groups excluding carboxylic acids is 1. The molecular formula is C16H27N3OS. The molecule has 0 aromatic carbocycles. The lowest BCUT2D eigenvalue weighted by Crippen LogP contribution is -2.23. The maximum Gasteiger partial charge on any atom is 0.263 e. The molecule has 1 atom stereocenters. The van der Waals surface area contributed by atoms with Gasteiger partial charge in [-0.05, 0) is 44.1 Å². The number of hydrogen-bond donors (Lipinski definition) is 2. The van der Waals surface area contributed by atoms with Crippen LogP contribution in [-0.4, -0.2) is 25.5 Å². The molecule has 1 fully saturated rings. The van der Waals surface area contributed by atoms with Gasteiger partial charge in [-0.1, -0.05) is 13.8 Å². The zero-order valence-corrected chi connectivity index (χ0v) is 14.1. The van der Waals surface area contributed by atoms with Crippen LogP contribution in [0, 0.1) is 11.8 Å². The molecule has 1 aliphatic rings. The third-order valence-corrected chi connectivity index (χ3v) is 5.53. The number of amides is 1. The predicted octanol–water partition coefficient (Wildman–Crippen LogP) is 3.34. The molecule has 5 heteroatoms. The van der Waals surface area contributed by atoms with Gasteiger partial charge in [-0.2, -0.15) is 0 Å². The highest BCUT2D eigenvalue weighted by molar-refractivity contribution is 7.18. The summed E-state index contributed by atoms with van der Waals surface area (Å²) in [6, 6.07) is 1.96. The number of nitrogens with two attached hydrogens (primary N) is 1. The second-order valence-corrected chi connectivity index (χ2v) is 7.18. The maximum absolute atomic E-state index is 12.0. The van der Waals surface area contributed by atoms with E-state index < -0.39 is 0 Å². The smallest absolute Gasteiger partial charge is 0.263 e. The van der Waals surface area contributed by atoms with Crippen molar-refractivity contribution < 1.29 is 4.79 Å². The Morgan fingerprint density at radius 2 is 2.24 bits per heavy atom. The molecule has 4 nitrogen and oxygen atoms in total. The van der Waals surface area contributed by atoms with Crippen molar-refractivity contribution in [2.24, 2.45) is 11.8 Å². The van der Waals surface area contributed by atoms with Crippen molar-refractivity contribution >= 4 is 27.9 Å². The minimum Gasteiger partial charge on any atom is -0.397 e. The zero-order chi connectivity index (χ0) is 15.4. The number of rotatable bonds is 4. The molecule has 1 saturated heterocycles. The molecule has 0 aliphatic carbocycles. The summed E-state index contributed by atoms with van der Waals surface area (Å²) in [6.45, 7) is 9.32. The van der Waals surface area contributed by atoms with E-state index in [9.17, 15) is 4.79 Å². The van der Waals surface area contributed by atoms with Crippen molar-refractivity contribution in [1.82, 2.24) is 5.32 Å². The summed E-state index contributed by atoms with van der Waals surface area (Å²) in [7, 11) is 0. The van der Waals surface area contributed by atoms with Crippen LogP contribution in [0.5, 0.6) is 0 Å². The lowest BCUT2D eigenvalue weighted by Gasteiger charge is -2.21. The van der Waals surface area contributed by atoms with Crippen LogP contribution < -0.4 is 16.0 Å². The molecular weight excluding hydrogens is 282 g/mol. The number of thiophene rings is 1. The van der Waals surface area contributed by atoms with Crippen molar-refractivity contribution in [2.45, 2.75) is 40.0 Å². The SMILES string of the molecule is CCNC(=O)c1sc(N2CCCC(C(C)C)CC2)cc1N.